The Balaban J connectivity index is 2.07. The van der Waals surface area contributed by atoms with Gasteiger partial charge in [0.15, 0.2) is 5.82 Å². The predicted molar refractivity (Wildman–Crippen MR) is 58.2 cm³/mol. The maximum Gasteiger partial charge on any atom is 0.167 e. The van der Waals surface area contributed by atoms with Gasteiger partial charge in [-0.3, -0.25) is 5.10 Å². The molecule has 0 aliphatic rings. The Morgan fingerprint density at radius 3 is 2.67 bits per heavy atom. The molecule has 4 heteroatoms. The minimum Gasteiger partial charge on any atom is -0.321 e. The van der Waals surface area contributed by atoms with E-state index in [-0.39, 0.29) is 6.04 Å². The van der Waals surface area contributed by atoms with Gasteiger partial charge in [0.25, 0.3) is 0 Å². The Kier molecular flexibility index (Phi) is 2.78. The first-order chi connectivity index (χ1) is 7.25. The summed E-state index contributed by atoms with van der Waals surface area (Å²) >= 11 is 0. The van der Waals surface area contributed by atoms with Crippen LogP contribution in [-0.2, 0) is 6.42 Å². The molecule has 0 amide bonds. The number of aryl methyl sites for hydroxylation is 1. The van der Waals surface area contributed by atoms with E-state index in [0.29, 0.717) is 5.82 Å². The van der Waals surface area contributed by atoms with E-state index in [1.54, 1.807) is 0 Å². The van der Waals surface area contributed by atoms with Crippen molar-refractivity contribution in [3.05, 3.63) is 47.5 Å². The van der Waals surface area contributed by atoms with Gasteiger partial charge in [-0.25, -0.2) is 4.98 Å². The van der Waals surface area contributed by atoms with E-state index in [2.05, 4.69) is 27.3 Å². The summed E-state index contributed by atoms with van der Waals surface area (Å²) in [5.74, 6) is 1.48. The number of hydrogen-bond acceptors (Lipinski definition) is 3. The molecular weight excluding hydrogens is 188 g/mol. The number of nitrogens with one attached hydrogen (secondary N) is 1. The van der Waals surface area contributed by atoms with Crippen molar-refractivity contribution in [1.29, 1.82) is 0 Å². The largest absolute Gasteiger partial charge is 0.321 e. The van der Waals surface area contributed by atoms with Crippen molar-refractivity contribution in [3.8, 4) is 0 Å². The summed E-state index contributed by atoms with van der Waals surface area (Å²) < 4.78 is 0. The zero-order valence-corrected chi connectivity index (χ0v) is 8.64. The highest BCUT2D eigenvalue weighted by Gasteiger charge is 2.11. The molecule has 0 fully saturated rings. The Morgan fingerprint density at radius 2 is 2.07 bits per heavy atom. The summed E-state index contributed by atoms with van der Waals surface area (Å²) in [6.45, 7) is 1.87. The molecule has 2 aromatic rings. The maximum absolute atomic E-state index is 6.00. The smallest absolute Gasteiger partial charge is 0.167 e. The molecule has 3 N–H and O–H groups in total. The topological polar surface area (TPSA) is 67.6 Å². The molecule has 1 aromatic carbocycles. The van der Waals surface area contributed by atoms with Gasteiger partial charge in [0.05, 0.1) is 6.04 Å². The molecule has 15 heavy (non-hydrogen) atoms. The molecule has 2 rings (SSSR count). The number of benzene rings is 1. The summed E-state index contributed by atoms with van der Waals surface area (Å²) in [4.78, 5) is 4.22. The number of H-pyrrole nitrogens is 1. The highest BCUT2D eigenvalue weighted by atomic mass is 15.2. The summed E-state index contributed by atoms with van der Waals surface area (Å²) in [5.41, 5.74) is 7.20. The van der Waals surface area contributed by atoms with Crippen molar-refractivity contribution >= 4 is 0 Å². The molecule has 1 heterocycles. The van der Waals surface area contributed by atoms with Crippen molar-refractivity contribution in [2.75, 3.05) is 0 Å². The van der Waals surface area contributed by atoms with Crippen LogP contribution in [0.4, 0.5) is 0 Å². The molecule has 0 bridgehead atoms. The zero-order chi connectivity index (χ0) is 10.7. The molecule has 1 atom stereocenters. The van der Waals surface area contributed by atoms with Gasteiger partial charge in [-0.15, -0.1) is 0 Å². The van der Waals surface area contributed by atoms with Crippen molar-refractivity contribution in [1.82, 2.24) is 15.2 Å². The number of aromatic nitrogens is 3. The zero-order valence-electron chi connectivity index (χ0n) is 8.64. The third-order valence-corrected chi connectivity index (χ3v) is 2.24. The normalized spacial score (nSPS) is 12.7. The van der Waals surface area contributed by atoms with Crippen LogP contribution in [0.2, 0.25) is 0 Å². The predicted octanol–water partition coefficient (Wildman–Crippen LogP) is 1.36. The summed E-state index contributed by atoms with van der Waals surface area (Å²) in [6.07, 6.45) is 0.762. The van der Waals surface area contributed by atoms with E-state index in [1.165, 1.54) is 5.56 Å². The minimum absolute atomic E-state index is 0.141. The van der Waals surface area contributed by atoms with Crippen LogP contribution in [0.1, 0.15) is 23.3 Å². The average molecular weight is 202 g/mol. The first kappa shape index (κ1) is 9.86. The van der Waals surface area contributed by atoms with E-state index < -0.39 is 0 Å². The van der Waals surface area contributed by atoms with Gasteiger partial charge in [0.2, 0.25) is 0 Å². The lowest BCUT2D eigenvalue weighted by atomic mass is 10.1. The van der Waals surface area contributed by atoms with Gasteiger partial charge in [0, 0.05) is 0 Å². The number of nitrogens with zero attached hydrogens (tertiary/aromatic N) is 2. The van der Waals surface area contributed by atoms with Crippen LogP contribution in [0.25, 0.3) is 0 Å². The average Bonchev–Trinajstić information content (AvgIpc) is 2.66. The number of hydrogen-bond donors (Lipinski definition) is 2. The van der Waals surface area contributed by atoms with Crippen LogP contribution >= 0.6 is 0 Å². The molecule has 0 saturated heterocycles. The van der Waals surface area contributed by atoms with E-state index in [0.717, 1.165) is 12.2 Å². The van der Waals surface area contributed by atoms with Gasteiger partial charge in [0.1, 0.15) is 5.82 Å². The van der Waals surface area contributed by atoms with Crippen molar-refractivity contribution in [2.24, 2.45) is 5.73 Å². The molecule has 0 aliphatic heterocycles. The Bertz CT molecular complexity index is 421. The third-order valence-electron chi connectivity index (χ3n) is 2.24. The van der Waals surface area contributed by atoms with Crippen LogP contribution in [0.15, 0.2) is 30.3 Å². The van der Waals surface area contributed by atoms with Crippen LogP contribution in [0.5, 0.6) is 0 Å². The van der Waals surface area contributed by atoms with Crippen molar-refractivity contribution in [3.63, 3.8) is 0 Å². The monoisotopic (exact) mass is 202 g/mol. The van der Waals surface area contributed by atoms with Gasteiger partial charge >= 0.3 is 0 Å². The van der Waals surface area contributed by atoms with Gasteiger partial charge in [-0.1, -0.05) is 30.3 Å². The molecule has 78 valence electrons. The van der Waals surface area contributed by atoms with Gasteiger partial charge in [-0.05, 0) is 18.9 Å². The van der Waals surface area contributed by atoms with E-state index in [9.17, 15) is 0 Å². The lowest BCUT2D eigenvalue weighted by Crippen LogP contribution is -2.15. The van der Waals surface area contributed by atoms with E-state index in [1.807, 2.05) is 25.1 Å². The number of aromatic amines is 1. The Hall–Kier alpha value is -1.68. The Labute approximate surface area is 88.5 Å². The second-order valence-electron chi connectivity index (χ2n) is 3.58. The molecule has 0 saturated carbocycles. The molecule has 0 aliphatic carbocycles. The van der Waals surface area contributed by atoms with Crippen molar-refractivity contribution < 1.29 is 0 Å². The van der Waals surface area contributed by atoms with Gasteiger partial charge < -0.3 is 5.73 Å². The van der Waals surface area contributed by atoms with E-state index in [4.69, 9.17) is 5.73 Å². The lowest BCUT2D eigenvalue weighted by Gasteiger charge is -2.06. The fourth-order valence-corrected chi connectivity index (χ4v) is 1.49. The SMILES string of the molecule is Cc1nc([C@H](N)Cc2ccccc2)n[nH]1. The highest BCUT2D eigenvalue weighted by molar-refractivity contribution is 5.17. The van der Waals surface area contributed by atoms with Crippen LogP contribution in [-0.4, -0.2) is 15.2 Å². The molecule has 4 nitrogen and oxygen atoms in total. The van der Waals surface area contributed by atoms with Crippen LogP contribution in [0.3, 0.4) is 0 Å². The fraction of sp³-hybridized carbons (Fsp3) is 0.273. The highest BCUT2D eigenvalue weighted by Crippen LogP contribution is 2.11. The van der Waals surface area contributed by atoms with Gasteiger partial charge in [-0.2, -0.15) is 5.10 Å². The van der Waals surface area contributed by atoms with Crippen LogP contribution < -0.4 is 5.73 Å². The molecule has 0 radical (unpaired) electrons. The second kappa shape index (κ2) is 4.23. The summed E-state index contributed by atoms with van der Waals surface area (Å²) in [7, 11) is 0. The first-order valence-corrected chi connectivity index (χ1v) is 4.94. The second-order valence-corrected chi connectivity index (χ2v) is 3.58. The maximum atomic E-state index is 6.00. The summed E-state index contributed by atoms with van der Waals surface area (Å²) in [6, 6.07) is 9.97. The standard InChI is InChI=1S/C11H14N4/c1-8-13-11(15-14-8)10(12)7-9-5-3-2-4-6-9/h2-6,10H,7,12H2,1H3,(H,13,14,15)/t10-/m1/s1. The van der Waals surface area contributed by atoms with Crippen LogP contribution in [0, 0.1) is 6.92 Å². The summed E-state index contributed by atoms with van der Waals surface area (Å²) in [5, 5.41) is 6.84. The minimum atomic E-state index is -0.141. The molecular formula is C11H14N4. The Morgan fingerprint density at radius 1 is 1.33 bits per heavy atom. The fourth-order valence-electron chi connectivity index (χ4n) is 1.49. The number of nitrogens with two attached hydrogens (primary N) is 1. The third kappa shape index (κ3) is 2.41. The first-order valence-electron chi connectivity index (χ1n) is 4.94. The van der Waals surface area contributed by atoms with Crippen molar-refractivity contribution in [2.45, 2.75) is 19.4 Å². The molecule has 0 unspecified atom stereocenters. The van der Waals surface area contributed by atoms with E-state index >= 15 is 0 Å². The quantitative estimate of drug-likeness (QED) is 0.789. The molecule has 1 aromatic heterocycles. The molecule has 0 spiro atoms. The lowest BCUT2D eigenvalue weighted by molar-refractivity contribution is 0.671. The number of rotatable bonds is 3.